The highest BCUT2D eigenvalue weighted by Crippen LogP contribution is 2.60. The smallest absolute Gasteiger partial charge is 0.462 e. The van der Waals surface area contributed by atoms with Crippen LogP contribution in [-0.2, 0) is 46.3 Å². The molecule has 7 N–H and O–H groups in total. The second kappa shape index (κ2) is 37.8. The number of aliphatic hydroxyl groups excluding tert-OH is 3. The van der Waals surface area contributed by atoms with Crippen molar-refractivity contribution in [2.24, 2.45) is 0 Å². The van der Waals surface area contributed by atoms with Gasteiger partial charge in [-0.3, -0.25) is 23.2 Å². The predicted octanol–water partition coefficient (Wildman–Crippen LogP) is 9.08. The third kappa shape index (κ3) is 30.7. The molecule has 0 aliphatic carbocycles. The average Bonchev–Trinajstić information content (AvgIpc) is 3.60. The maximum Gasteiger partial charge on any atom is 0.481 e. The fraction of sp³-hybridized carbons (Fsp3) is 0.640. The minimum Gasteiger partial charge on any atom is -0.462 e. The first-order valence-corrected chi connectivity index (χ1v) is 28.0. The van der Waals surface area contributed by atoms with Gasteiger partial charge in [0.2, 0.25) is 0 Å². The van der Waals surface area contributed by atoms with Gasteiger partial charge >= 0.3 is 33.3 Å². The Hall–Kier alpha value is -3.84. The Morgan fingerprint density at radius 3 is 2.00 bits per heavy atom. The molecule has 2 unspecified atom stereocenters. The summed E-state index contributed by atoms with van der Waals surface area (Å²) in [5.41, 5.74) is 4.57. The molecule has 402 valence electrons. The van der Waals surface area contributed by atoms with Gasteiger partial charge in [-0.05, 0) is 76.7 Å². The molecule has 1 aliphatic heterocycles. The highest BCUT2D eigenvalue weighted by atomic mass is 31.3. The number of nitrogen functional groups attached to an aromatic ring is 1. The third-order valence-corrected chi connectivity index (χ3v) is 13.5. The van der Waals surface area contributed by atoms with E-state index in [9.17, 15) is 48.6 Å². The minimum absolute atomic E-state index is 0.00978. The van der Waals surface area contributed by atoms with Gasteiger partial charge in [0.05, 0.1) is 19.3 Å². The van der Waals surface area contributed by atoms with E-state index in [2.05, 4.69) is 47.4 Å². The molecule has 1 saturated heterocycles. The first-order valence-electron chi connectivity index (χ1n) is 25.1. The van der Waals surface area contributed by atoms with E-state index in [-0.39, 0.29) is 18.7 Å². The summed E-state index contributed by atoms with van der Waals surface area (Å²) in [5.74, 6) is -1.42. The van der Waals surface area contributed by atoms with E-state index >= 15 is 0 Å². The molecule has 19 nitrogen and oxygen atoms in total. The number of rotatable bonds is 40. The van der Waals surface area contributed by atoms with Gasteiger partial charge in [0.25, 0.3) is 0 Å². The second-order valence-corrected chi connectivity index (χ2v) is 20.2. The number of carbonyl (C=O) groups excluding carboxylic acids is 2. The summed E-state index contributed by atoms with van der Waals surface area (Å²) >= 11 is 0. The zero-order chi connectivity index (χ0) is 52.2. The summed E-state index contributed by atoms with van der Waals surface area (Å²) in [6, 6.07) is 1.24. The lowest BCUT2D eigenvalue weighted by molar-refractivity contribution is -0.161. The molecular formula is C50H81N3O16P2. The van der Waals surface area contributed by atoms with Crippen LogP contribution < -0.4 is 11.4 Å². The van der Waals surface area contributed by atoms with E-state index in [0.29, 0.717) is 25.7 Å². The zero-order valence-corrected chi connectivity index (χ0v) is 43.4. The summed E-state index contributed by atoms with van der Waals surface area (Å²) in [6.07, 6.45) is 34.5. The Morgan fingerprint density at radius 2 is 1.32 bits per heavy atom. The lowest BCUT2D eigenvalue weighted by atomic mass is 10.1. The summed E-state index contributed by atoms with van der Waals surface area (Å²) in [5, 5.41) is 30.8. The van der Waals surface area contributed by atoms with E-state index < -0.39 is 89.8 Å². The van der Waals surface area contributed by atoms with Gasteiger partial charge in [0, 0.05) is 19.0 Å². The zero-order valence-electron chi connectivity index (χ0n) is 41.6. The Labute approximate surface area is 419 Å². The van der Waals surface area contributed by atoms with Crippen molar-refractivity contribution in [1.29, 1.82) is 0 Å². The van der Waals surface area contributed by atoms with Crippen LogP contribution in [0, 0.1) is 0 Å². The van der Waals surface area contributed by atoms with Gasteiger partial charge in [-0.1, -0.05) is 138 Å². The highest BCUT2D eigenvalue weighted by Gasteiger charge is 2.46. The molecule has 1 fully saturated rings. The Bertz CT molecular complexity index is 1990. The van der Waals surface area contributed by atoms with Crippen LogP contribution in [0.1, 0.15) is 155 Å². The molecule has 0 saturated carbocycles. The largest absolute Gasteiger partial charge is 0.481 e. The molecule has 21 heteroatoms. The number of anilines is 1. The number of unbranched alkanes of at least 4 members (excludes halogenated alkanes) is 11. The highest BCUT2D eigenvalue weighted by molar-refractivity contribution is 7.61. The van der Waals surface area contributed by atoms with Gasteiger partial charge < -0.3 is 45.1 Å². The molecule has 0 bridgehead atoms. The number of hydrogen-bond acceptors (Lipinski definition) is 16. The van der Waals surface area contributed by atoms with Crippen LogP contribution >= 0.6 is 15.6 Å². The van der Waals surface area contributed by atoms with Crippen LogP contribution in [0.3, 0.4) is 0 Å². The maximum atomic E-state index is 12.8. The van der Waals surface area contributed by atoms with Crippen LogP contribution in [0.25, 0.3) is 0 Å². The number of ether oxygens (including phenoxy) is 3. The fourth-order valence-corrected chi connectivity index (χ4v) is 9.03. The first-order chi connectivity index (χ1) is 34.1. The standard InChI is InChI=1S/C50H81N3O16P2/c1-3-5-7-8-9-10-11-12-13-14-17-21-24-27-31-35-46(56)67-42(38-64-45(55)34-30-26-23-20-18-15-16-19-22-25-29-33-41(54)32-28-6-4-2)39-65-70(60,61)69-71(62,63)66-40-43-47(57)48(58)49(68-43)53-37-36-44(51)52-50(53)59/h9-10,12-13,15-16,20,22-23,25,29,33,36-37,41-43,47-49,54,57-58H,3-8,11,14,17-19,21,24,26-28,30-32,34-35,38-40H2,1-2H3,(H,60,61)(H,62,63)(H2,51,52,59)/b10-9-,13-12-,16-15-,23-20-,25-22-,33-29+/t41-,42-,43-,47-,48-,49-/m1/s1. The van der Waals surface area contributed by atoms with E-state index in [1.807, 2.05) is 42.5 Å². The van der Waals surface area contributed by atoms with Gasteiger partial charge in [0.1, 0.15) is 30.7 Å². The molecule has 1 aromatic rings. The molecule has 1 aliphatic rings. The molecule has 1 aromatic heterocycles. The van der Waals surface area contributed by atoms with Crippen molar-refractivity contribution in [3.63, 3.8) is 0 Å². The van der Waals surface area contributed by atoms with E-state index in [4.69, 9.17) is 29.0 Å². The number of aromatic nitrogens is 2. The van der Waals surface area contributed by atoms with Crippen LogP contribution in [0.4, 0.5) is 5.82 Å². The van der Waals surface area contributed by atoms with Gasteiger partial charge in [-0.25, -0.2) is 13.9 Å². The summed E-state index contributed by atoms with van der Waals surface area (Å²) in [4.78, 5) is 61.8. The van der Waals surface area contributed by atoms with Crippen LogP contribution in [-0.4, -0.2) is 96.9 Å². The molecule has 8 atom stereocenters. The van der Waals surface area contributed by atoms with Crippen molar-refractivity contribution in [3.8, 4) is 0 Å². The van der Waals surface area contributed by atoms with Crippen molar-refractivity contribution < 1.29 is 71.4 Å². The molecule has 2 heterocycles. The van der Waals surface area contributed by atoms with Gasteiger partial charge in [0.15, 0.2) is 12.3 Å². The summed E-state index contributed by atoms with van der Waals surface area (Å²) in [6.45, 7) is 1.92. The van der Waals surface area contributed by atoms with Crippen LogP contribution in [0.5, 0.6) is 0 Å². The number of allylic oxidation sites excluding steroid dienone is 11. The summed E-state index contributed by atoms with van der Waals surface area (Å²) < 4.78 is 56.6. The van der Waals surface area contributed by atoms with Crippen LogP contribution in [0.15, 0.2) is 90.0 Å². The number of hydrogen-bond donors (Lipinski definition) is 6. The van der Waals surface area contributed by atoms with Crippen LogP contribution in [0.2, 0.25) is 0 Å². The van der Waals surface area contributed by atoms with Crippen molar-refractivity contribution in [2.45, 2.75) is 185 Å². The maximum absolute atomic E-state index is 12.8. The molecule has 0 spiro atoms. The first kappa shape index (κ1) is 63.3. The van der Waals surface area contributed by atoms with Crippen molar-refractivity contribution in [3.05, 3.63) is 95.7 Å². The molecule has 0 radical (unpaired) electrons. The third-order valence-electron chi connectivity index (χ3n) is 10.9. The fourth-order valence-electron chi connectivity index (χ4n) is 6.92. The number of phosphoric acid groups is 2. The number of phosphoric ester groups is 2. The van der Waals surface area contributed by atoms with Crippen molar-refractivity contribution >= 4 is 33.4 Å². The second-order valence-electron chi connectivity index (χ2n) is 17.2. The van der Waals surface area contributed by atoms with E-state index in [1.54, 1.807) is 6.08 Å². The Balaban J connectivity index is 1.85. The number of esters is 2. The van der Waals surface area contributed by atoms with Gasteiger partial charge in [-0.15, -0.1) is 0 Å². The number of aliphatic hydroxyl groups is 3. The molecule has 2 rings (SSSR count). The Morgan fingerprint density at radius 1 is 0.746 bits per heavy atom. The number of nitrogens with zero attached hydrogens (tertiary/aromatic N) is 2. The summed E-state index contributed by atoms with van der Waals surface area (Å²) in [7, 11) is -10.9. The van der Waals surface area contributed by atoms with E-state index in [1.165, 1.54) is 25.3 Å². The van der Waals surface area contributed by atoms with Crippen molar-refractivity contribution in [1.82, 2.24) is 9.55 Å². The predicted molar refractivity (Wildman–Crippen MR) is 271 cm³/mol. The topological polar surface area (TPSA) is 286 Å². The minimum atomic E-state index is -5.45. The average molecular weight is 1040 g/mol. The number of nitrogens with two attached hydrogens (primary N) is 1. The molecule has 71 heavy (non-hydrogen) atoms. The molecule has 0 aromatic carbocycles. The lowest BCUT2D eigenvalue weighted by Crippen LogP contribution is -2.36. The molecule has 0 amide bonds. The Kier molecular flexibility index (Phi) is 33.7. The van der Waals surface area contributed by atoms with Gasteiger partial charge in [-0.2, -0.15) is 9.29 Å². The monoisotopic (exact) mass is 1040 g/mol. The number of carbonyl (C=O) groups is 2. The molecular weight excluding hydrogens is 961 g/mol. The lowest BCUT2D eigenvalue weighted by Gasteiger charge is -2.21. The quantitative estimate of drug-likeness (QED) is 0.0117. The van der Waals surface area contributed by atoms with E-state index in [0.717, 1.165) is 87.8 Å². The van der Waals surface area contributed by atoms with Crippen molar-refractivity contribution in [2.75, 3.05) is 25.6 Å². The normalized spacial score (nSPS) is 20.2. The SMILES string of the molecule is CCCCC/C=C\C/C=C\CCCCCCCC(=O)O[C@H](COC(=O)CCC/C=C\C/C=C\C/C=C\C=C\[C@H](O)CCCCC)COP(=O)(O)OP(=O)(O)OC[C@H]1O[C@@H](n2ccc(N)nc2=O)[C@H](O)[C@@H]1O.